The molecule has 0 unspecified atom stereocenters. The van der Waals surface area contributed by atoms with Gasteiger partial charge in [0.2, 0.25) is 5.91 Å². The zero-order valence-electron chi connectivity index (χ0n) is 14.4. The van der Waals surface area contributed by atoms with Crippen molar-refractivity contribution in [1.82, 2.24) is 0 Å². The second-order valence-electron chi connectivity index (χ2n) is 5.87. The lowest BCUT2D eigenvalue weighted by Gasteiger charge is -2.08. The molecule has 0 atom stereocenters. The molecule has 0 bridgehead atoms. The van der Waals surface area contributed by atoms with Crippen molar-refractivity contribution < 1.29 is 9.59 Å². The molecule has 0 spiro atoms. The van der Waals surface area contributed by atoms with E-state index in [2.05, 4.69) is 16.7 Å². The first-order chi connectivity index (χ1) is 13.1. The number of hydrogen-bond donors (Lipinski definition) is 2. The Morgan fingerprint density at radius 3 is 2.37 bits per heavy atom. The van der Waals surface area contributed by atoms with Crippen molar-refractivity contribution in [2.75, 3.05) is 10.6 Å². The summed E-state index contributed by atoms with van der Waals surface area (Å²) in [7, 11) is 0. The number of nitrogens with one attached hydrogen (secondary N) is 2. The smallest absolute Gasteiger partial charge is 0.265 e. The summed E-state index contributed by atoms with van der Waals surface area (Å²) >= 11 is 1.37. The number of rotatable bonds is 6. The van der Waals surface area contributed by atoms with Crippen molar-refractivity contribution in [2.24, 2.45) is 0 Å². The molecular formula is C21H17N3O2S. The topological polar surface area (TPSA) is 82.0 Å². The normalized spacial score (nSPS) is 10.0. The first kappa shape index (κ1) is 18.4. The zero-order chi connectivity index (χ0) is 19.1. The minimum absolute atomic E-state index is 0.110. The van der Waals surface area contributed by atoms with Crippen molar-refractivity contribution in [3.8, 4) is 6.07 Å². The van der Waals surface area contributed by atoms with Gasteiger partial charge in [-0.3, -0.25) is 9.59 Å². The summed E-state index contributed by atoms with van der Waals surface area (Å²) < 4.78 is 0. The largest absolute Gasteiger partial charge is 0.326 e. The highest BCUT2D eigenvalue weighted by atomic mass is 32.1. The maximum Gasteiger partial charge on any atom is 0.265 e. The van der Waals surface area contributed by atoms with E-state index in [4.69, 9.17) is 5.26 Å². The Morgan fingerprint density at radius 2 is 1.70 bits per heavy atom. The van der Waals surface area contributed by atoms with Crippen molar-refractivity contribution in [2.45, 2.75) is 12.8 Å². The van der Waals surface area contributed by atoms with E-state index in [1.807, 2.05) is 23.6 Å². The minimum Gasteiger partial charge on any atom is -0.326 e. The molecule has 0 aliphatic rings. The fourth-order valence-corrected chi connectivity index (χ4v) is 3.12. The van der Waals surface area contributed by atoms with Gasteiger partial charge in [0.25, 0.3) is 5.91 Å². The van der Waals surface area contributed by atoms with E-state index in [0.717, 1.165) is 5.56 Å². The van der Waals surface area contributed by atoms with Gasteiger partial charge in [-0.2, -0.15) is 5.26 Å². The van der Waals surface area contributed by atoms with Crippen LogP contribution in [0.4, 0.5) is 11.4 Å². The van der Waals surface area contributed by atoms with E-state index in [-0.39, 0.29) is 11.8 Å². The highest BCUT2D eigenvalue weighted by Crippen LogP contribution is 2.18. The number of amides is 2. The SMILES string of the molecule is N#Cc1ccc(CCC(=O)Nc2cccc(NC(=O)c3cccs3)c2)cc1. The zero-order valence-corrected chi connectivity index (χ0v) is 15.3. The van der Waals surface area contributed by atoms with Crippen LogP contribution in [0.5, 0.6) is 0 Å². The fraction of sp³-hybridized carbons (Fsp3) is 0.0952. The van der Waals surface area contributed by atoms with Crippen molar-refractivity contribution in [1.29, 1.82) is 5.26 Å². The number of thiophene rings is 1. The summed E-state index contributed by atoms with van der Waals surface area (Å²) in [4.78, 5) is 24.9. The van der Waals surface area contributed by atoms with Gasteiger partial charge >= 0.3 is 0 Å². The molecule has 0 saturated carbocycles. The molecule has 134 valence electrons. The molecule has 3 aromatic rings. The van der Waals surface area contributed by atoms with Crippen LogP contribution in [0.2, 0.25) is 0 Å². The van der Waals surface area contributed by atoms with E-state index in [1.54, 1.807) is 42.5 Å². The summed E-state index contributed by atoms with van der Waals surface area (Å²) in [5.74, 6) is -0.282. The van der Waals surface area contributed by atoms with Gasteiger partial charge in [0.15, 0.2) is 0 Å². The van der Waals surface area contributed by atoms with Crippen LogP contribution in [0.25, 0.3) is 0 Å². The summed E-state index contributed by atoms with van der Waals surface area (Å²) in [5, 5.41) is 16.3. The van der Waals surface area contributed by atoms with Crippen LogP contribution in [0.1, 0.15) is 27.2 Å². The monoisotopic (exact) mass is 375 g/mol. The maximum atomic E-state index is 12.2. The Hall–Kier alpha value is -3.43. The predicted molar refractivity (Wildman–Crippen MR) is 107 cm³/mol. The molecule has 0 radical (unpaired) electrons. The Balaban J connectivity index is 1.54. The molecule has 0 fully saturated rings. The standard InChI is InChI=1S/C21H17N3O2S/c22-14-16-8-6-15(7-9-16)10-11-20(25)23-17-3-1-4-18(13-17)24-21(26)19-5-2-12-27-19/h1-9,12-13H,10-11H2,(H,23,25)(H,24,26). The van der Waals surface area contributed by atoms with Crippen LogP contribution < -0.4 is 10.6 Å². The molecule has 0 aliphatic carbocycles. The molecule has 0 aliphatic heterocycles. The van der Waals surface area contributed by atoms with Gasteiger partial charge in [-0.1, -0.05) is 24.3 Å². The van der Waals surface area contributed by atoms with Gasteiger partial charge in [-0.05, 0) is 53.8 Å². The van der Waals surface area contributed by atoms with Crippen molar-refractivity contribution >= 4 is 34.5 Å². The predicted octanol–water partition coefficient (Wildman–Crippen LogP) is 4.44. The van der Waals surface area contributed by atoms with Gasteiger partial charge in [0.1, 0.15) is 0 Å². The van der Waals surface area contributed by atoms with E-state index in [0.29, 0.717) is 34.7 Å². The molecule has 1 heterocycles. The average Bonchev–Trinajstić information content (AvgIpc) is 3.22. The summed E-state index contributed by atoms with van der Waals surface area (Å²) in [6, 6.07) is 19.9. The Bertz CT molecular complexity index is 973. The van der Waals surface area contributed by atoms with Crippen LogP contribution in [-0.2, 0) is 11.2 Å². The molecule has 6 heteroatoms. The molecule has 0 saturated heterocycles. The number of nitriles is 1. The van der Waals surface area contributed by atoms with Crippen molar-refractivity contribution in [3.63, 3.8) is 0 Å². The number of hydrogen-bond acceptors (Lipinski definition) is 4. The summed E-state index contributed by atoms with van der Waals surface area (Å²) in [6.07, 6.45) is 0.921. The van der Waals surface area contributed by atoms with Gasteiger partial charge in [-0.25, -0.2) is 0 Å². The number of carbonyl (C=O) groups is 2. The third-order valence-electron chi connectivity index (χ3n) is 3.87. The molecule has 27 heavy (non-hydrogen) atoms. The molecule has 5 nitrogen and oxygen atoms in total. The van der Waals surface area contributed by atoms with Crippen LogP contribution in [0.3, 0.4) is 0 Å². The third kappa shape index (κ3) is 5.27. The van der Waals surface area contributed by atoms with Crippen LogP contribution >= 0.6 is 11.3 Å². The quantitative estimate of drug-likeness (QED) is 0.668. The first-order valence-electron chi connectivity index (χ1n) is 8.38. The lowest BCUT2D eigenvalue weighted by Crippen LogP contribution is -2.13. The molecule has 2 amide bonds. The second kappa shape index (κ2) is 8.79. The first-order valence-corrected chi connectivity index (χ1v) is 9.26. The fourth-order valence-electron chi connectivity index (χ4n) is 2.50. The van der Waals surface area contributed by atoms with Gasteiger partial charge < -0.3 is 10.6 Å². The number of anilines is 2. The highest BCUT2D eigenvalue weighted by Gasteiger charge is 2.08. The summed E-state index contributed by atoms with van der Waals surface area (Å²) in [5.41, 5.74) is 2.85. The van der Waals surface area contributed by atoms with Crippen LogP contribution in [0.15, 0.2) is 66.0 Å². The van der Waals surface area contributed by atoms with Gasteiger partial charge in [0.05, 0.1) is 16.5 Å². The third-order valence-corrected chi connectivity index (χ3v) is 4.74. The number of carbonyl (C=O) groups excluding carboxylic acids is 2. The van der Waals surface area contributed by atoms with Crippen LogP contribution in [0, 0.1) is 11.3 Å². The molecule has 2 aromatic carbocycles. The minimum atomic E-state index is -0.172. The highest BCUT2D eigenvalue weighted by molar-refractivity contribution is 7.12. The molecule has 1 aromatic heterocycles. The molecular weight excluding hydrogens is 358 g/mol. The number of aryl methyl sites for hydroxylation is 1. The number of nitrogens with zero attached hydrogens (tertiary/aromatic N) is 1. The summed E-state index contributed by atoms with van der Waals surface area (Å²) in [6.45, 7) is 0. The van der Waals surface area contributed by atoms with Crippen molar-refractivity contribution in [3.05, 3.63) is 82.0 Å². The van der Waals surface area contributed by atoms with Gasteiger partial charge in [0, 0.05) is 17.8 Å². The van der Waals surface area contributed by atoms with Gasteiger partial charge in [-0.15, -0.1) is 11.3 Å². The Morgan fingerprint density at radius 1 is 0.963 bits per heavy atom. The molecule has 2 N–H and O–H groups in total. The van der Waals surface area contributed by atoms with E-state index in [1.165, 1.54) is 11.3 Å². The average molecular weight is 375 g/mol. The Labute approximate surface area is 161 Å². The lowest BCUT2D eigenvalue weighted by atomic mass is 10.1. The van der Waals surface area contributed by atoms with Crippen LogP contribution in [-0.4, -0.2) is 11.8 Å². The lowest BCUT2D eigenvalue weighted by molar-refractivity contribution is -0.116. The van der Waals surface area contributed by atoms with E-state index < -0.39 is 0 Å². The maximum absolute atomic E-state index is 12.2. The molecule has 3 rings (SSSR count). The second-order valence-corrected chi connectivity index (χ2v) is 6.82. The number of benzene rings is 2. The Kier molecular flexibility index (Phi) is 5.98. The van der Waals surface area contributed by atoms with E-state index in [9.17, 15) is 9.59 Å². The van der Waals surface area contributed by atoms with E-state index >= 15 is 0 Å².